The van der Waals surface area contributed by atoms with Gasteiger partial charge in [-0.05, 0) is 61.4 Å². The van der Waals surface area contributed by atoms with E-state index in [0.29, 0.717) is 35.8 Å². The van der Waals surface area contributed by atoms with Crippen molar-refractivity contribution in [3.05, 3.63) is 85.2 Å². The minimum Gasteiger partial charge on any atom is -0.438 e. The molecule has 0 unspecified atom stereocenters. The molecule has 0 saturated heterocycles. The maximum atomic E-state index is 12.8. The fraction of sp³-hybridized carbons (Fsp3) is 0.120. The number of carbonyl (C=O) groups is 2. The van der Waals surface area contributed by atoms with Crippen LogP contribution in [0.25, 0.3) is 10.9 Å². The highest BCUT2D eigenvalue weighted by molar-refractivity contribution is 6.16. The fourth-order valence-corrected chi connectivity index (χ4v) is 3.48. The van der Waals surface area contributed by atoms with E-state index in [2.05, 4.69) is 20.6 Å². The molecule has 2 N–H and O–H groups in total. The molecule has 1 heterocycles. The van der Waals surface area contributed by atoms with Gasteiger partial charge < -0.3 is 15.4 Å². The van der Waals surface area contributed by atoms with E-state index in [4.69, 9.17) is 4.74 Å². The monoisotopic (exact) mass is 424 g/mol. The van der Waals surface area contributed by atoms with Crippen LogP contribution in [0.1, 0.15) is 12.8 Å². The first kappa shape index (κ1) is 19.7. The quantitative estimate of drug-likeness (QED) is 0.435. The lowest BCUT2D eigenvalue weighted by Crippen LogP contribution is -2.35. The summed E-state index contributed by atoms with van der Waals surface area (Å²) in [5.41, 5.74) is 1.04. The summed E-state index contributed by atoms with van der Waals surface area (Å²) < 4.78 is 5.91. The minimum atomic E-state index is -1.02. The van der Waals surface area contributed by atoms with Gasteiger partial charge >= 0.3 is 0 Å². The highest BCUT2D eigenvalue weighted by Gasteiger charge is 2.56. The first-order chi connectivity index (χ1) is 15.6. The van der Waals surface area contributed by atoms with Crippen molar-refractivity contribution in [2.24, 2.45) is 5.41 Å². The van der Waals surface area contributed by atoms with E-state index in [1.54, 1.807) is 36.4 Å². The number of carbonyl (C=O) groups excluding carboxylic acids is 2. The van der Waals surface area contributed by atoms with Gasteiger partial charge in [-0.2, -0.15) is 0 Å². The second kappa shape index (κ2) is 8.11. The van der Waals surface area contributed by atoms with Crippen LogP contribution in [-0.4, -0.2) is 21.8 Å². The van der Waals surface area contributed by atoms with E-state index in [9.17, 15) is 9.59 Å². The zero-order valence-electron chi connectivity index (χ0n) is 17.1. The van der Waals surface area contributed by atoms with Gasteiger partial charge in [0.05, 0.1) is 10.9 Å². The number of nitrogens with one attached hydrogen (secondary N) is 2. The average Bonchev–Trinajstić information content (AvgIpc) is 3.64. The zero-order valence-corrected chi connectivity index (χ0v) is 17.1. The molecule has 0 atom stereocenters. The number of hydrogen-bond acceptors (Lipinski definition) is 5. The summed E-state index contributed by atoms with van der Waals surface area (Å²) in [5.74, 6) is 0.454. The predicted octanol–water partition coefficient (Wildman–Crippen LogP) is 4.78. The lowest BCUT2D eigenvalue weighted by atomic mass is 10.0. The molecule has 4 aromatic rings. The number of nitrogens with zero attached hydrogens (tertiary/aromatic N) is 2. The highest BCUT2D eigenvalue weighted by atomic mass is 16.5. The Morgan fingerprint density at radius 2 is 1.38 bits per heavy atom. The SMILES string of the molecule is O=C(Nc1ccccc1)C1(C(=O)Nc2ccc(Oc3ncnc4ccccc34)cc2)CC1. The topological polar surface area (TPSA) is 93.2 Å². The molecular formula is C25H20N4O3. The number of amides is 2. The van der Waals surface area contributed by atoms with Crippen LogP contribution in [0.15, 0.2) is 85.2 Å². The van der Waals surface area contributed by atoms with Crippen molar-refractivity contribution in [2.45, 2.75) is 12.8 Å². The molecule has 7 nitrogen and oxygen atoms in total. The van der Waals surface area contributed by atoms with E-state index in [1.165, 1.54) is 6.33 Å². The van der Waals surface area contributed by atoms with Crippen molar-refractivity contribution in [3.8, 4) is 11.6 Å². The van der Waals surface area contributed by atoms with Crippen LogP contribution in [0.2, 0.25) is 0 Å². The van der Waals surface area contributed by atoms with Gasteiger partial charge in [0.25, 0.3) is 0 Å². The minimum absolute atomic E-state index is 0.281. The van der Waals surface area contributed by atoms with Crippen molar-refractivity contribution >= 4 is 34.1 Å². The Balaban J connectivity index is 1.25. The van der Waals surface area contributed by atoms with Gasteiger partial charge in [0.1, 0.15) is 17.5 Å². The lowest BCUT2D eigenvalue weighted by Gasteiger charge is -2.16. The summed E-state index contributed by atoms with van der Waals surface area (Å²) in [6.45, 7) is 0. The molecule has 1 aromatic heterocycles. The third kappa shape index (κ3) is 3.88. The molecule has 2 amide bonds. The molecule has 158 valence electrons. The fourth-order valence-electron chi connectivity index (χ4n) is 3.48. The smallest absolute Gasteiger partial charge is 0.240 e. The summed E-state index contributed by atoms with van der Waals surface area (Å²) in [6.07, 6.45) is 2.51. The number of benzene rings is 3. The Morgan fingerprint density at radius 1 is 0.750 bits per heavy atom. The van der Waals surface area contributed by atoms with Gasteiger partial charge in [-0.15, -0.1) is 0 Å². The zero-order chi connectivity index (χ0) is 22.0. The molecule has 0 radical (unpaired) electrons. The number of ether oxygens (including phenoxy) is 1. The third-order valence-corrected chi connectivity index (χ3v) is 5.48. The summed E-state index contributed by atoms with van der Waals surface area (Å²) in [5, 5.41) is 6.49. The summed E-state index contributed by atoms with van der Waals surface area (Å²) >= 11 is 0. The van der Waals surface area contributed by atoms with E-state index >= 15 is 0 Å². The first-order valence-corrected chi connectivity index (χ1v) is 10.3. The first-order valence-electron chi connectivity index (χ1n) is 10.3. The summed E-state index contributed by atoms with van der Waals surface area (Å²) in [6, 6.07) is 23.7. The van der Waals surface area contributed by atoms with Gasteiger partial charge in [0.2, 0.25) is 17.7 Å². The number of aromatic nitrogens is 2. The highest BCUT2D eigenvalue weighted by Crippen LogP contribution is 2.47. The maximum absolute atomic E-state index is 12.8. The molecule has 32 heavy (non-hydrogen) atoms. The normalized spacial score (nSPS) is 13.9. The Hall–Kier alpha value is -4.26. The molecule has 5 rings (SSSR count). The van der Waals surface area contributed by atoms with Gasteiger partial charge in [-0.3, -0.25) is 9.59 Å². The van der Waals surface area contributed by atoms with E-state index in [1.807, 2.05) is 42.5 Å². The molecule has 0 aliphatic heterocycles. The van der Waals surface area contributed by atoms with Crippen LogP contribution in [0.4, 0.5) is 11.4 Å². The van der Waals surface area contributed by atoms with Crippen LogP contribution in [0, 0.1) is 5.41 Å². The number of hydrogen-bond donors (Lipinski definition) is 2. The molecule has 1 saturated carbocycles. The Labute approximate surface area is 184 Å². The van der Waals surface area contributed by atoms with Crippen LogP contribution in [-0.2, 0) is 9.59 Å². The number of rotatable bonds is 6. The number of para-hydroxylation sites is 2. The van der Waals surface area contributed by atoms with Crippen LogP contribution in [0.3, 0.4) is 0 Å². The second-order valence-corrected chi connectivity index (χ2v) is 7.68. The largest absolute Gasteiger partial charge is 0.438 e. The standard InChI is InChI=1S/C25H20N4O3/c30-23(28-17-6-2-1-3-7-17)25(14-15-25)24(31)29-18-10-12-19(13-11-18)32-22-20-8-4-5-9-21(20)26-16-27-22/h1-13,16H,14-15H2,(H,28,30)(H,29,31). The molecular weight excluding hydrogens is 404 g/mol. The average molecular weight is 424 g/mol. The summed E-state index contributed by atoms with van der Waals surface area (Å²) in [4.78, 5) is 34.0. The molecule has 0 bridgehead atoms. The van der Waals surface area contributed by atoms with Crippen LogP contribution >= 0.6 is 0 Å². The van der Waals surface area contributed by atoms with Crippen LogP contribution in [0.5, 0.6) is 11.6 Å². The van der Waals surface area contributed by atoms with E-state index in [0.717, 1.165) is 10.9 Å². The van der Waals surface area contributed by atoms with Crippen molar-refractivity contribution < 1.29 is 14.3 Å². The lowest BCUT2D eigenvalue weighted by molar-refractivity contribution is -0.131. The van der Waals surface area contributed by atoms with Crippen molar-refractivity contribution in [1.29, 1.82) is 0 Å². The number of fused-ring (bicyclic) bond motifs is 1. The van der Waals surface area contributed by atoms with E-state index < -0.39 is 5.41 Å². The molecule has 3 aromatic carbocycles. The van der Waals surface area contributed by atoms with Crippen molar-refractivity contribution in [2.75, 3.05) is 10.6 Å². The Morgan fingerprint density at radius 3 is 2.06 bits per heavy atom. The third-order valence-electron chi connectivity index (χ3n) is 5.48. The molecule has 7 heteroatoms. The van der Waals surface area contributed by atoms with Crippen molar-refractivity contribution in [3.63, 3.8) is 0 Å². The van der Waals surface area contributed by atoms with Crippen molar-refractivity contribution in [1.82, 2.24) is 9.97 Å². The molecule has 1 aliphatic carbocycles. The molecule has 0 spiro atoms. The maximum Gasteiger partial charge on any atom is 0.240 e. The summed E-state index contributed by atoms with van der Waals surface area (Å²) in [7, 11) is 0. The molecule has 1 fully saturated rings. The van der Waals surface area contributed by atoms with Crippen LogP contribution < -0.4 is 15.4 Å². The van der Waals surface area contributed by atoms with Gasteiger partial charge in [-0.25, -0.2) is 9.97 Å². The van der Waals surface area contributed by atoms with Gasteiger partial charge in [0.15, 0.2) is 0 Å². The number of anilines is 2. The predicted molar refractivity (Wildman–Crippen MR) is 121 cm³/mol. The van der Waals surface area contributed by atoms with E-state index in [-0.39, 0.29) is 11.8 Å². The Bertz CT molecular complexity index is 1280. The second-order valence-electron chi connectivity index (χ2n) is 7.68. The Kier molecular flexibility index (Phi) is 4.99. The van der Waals surface area contributed by atoms with Gasteiger partial charge in [0, 0.05) is 11.4 Å². The molecule has 1 aliphatic rings. The van der Waals surface area contributed by atoms with Gasteiger partial charge in [-0.1, -0.05) is 30.3 Å².